The first-order valence-corrected chi connectivity index (χ1v) is 10.6. The molecule has 3 heterocycles. The number of aromatic nitrogens is 2. The number of likely N-dealkylation sites (tertiary alicyclic amines) is 1. The van der Waals surface area contributed by atoms with E-state index >= 15 is 0 Å². The second-order valence-electron chi connectivity index (χ2n) is 8.10. The van der Waals surface area contributed by atoms with Crippen molar-refractivity contribution in [1.82, 2.24) is 14.6 Å². The third-order valence-electron chi connectivity index (χ3n) is 6.24. The van der Waals surface area contributed by atoms with Crippen LogP contribution in [0.3, 0.4) is 0 Å². The summed E-state index contributed by atoms with van der Waals surface area (Å²) in [5.41, 5.74) is 2.88. The Kier molecular flexibility index (Phi) is 5.06. The summed E-state index contributed by atoms with van der Waals surface area (Å²) in [5.74, 6) is 0.132. The summed E-state index contributed by atoms with van der Waals surface area (Å²) in [6.45, 7) is 4.40. The van der Waals surface area contributed by atoms with Gasteiger partial charge in [-0.2, -0.15) is 0 Å². The van der Waals surface area contributed by atoms with Gasteiger partial charge in [0.1, 0.15) is 5.82 Å². The van der Waals surface area contributed by atoms with Gasteiger partial charge in [-0.15, -0.1) is 0 Å². The van der Waals surface area contributed by atoms with Gasteiger partial charge >= 0.3 is 0 Å². The van der Waals surface area contributed by atoms with Crippen LogP contribution in [0.4, 0.5) is 4.39 Å². The van der Waals surface area contributed by atoms with Crippen LogP contribution in [0.5, 0.6) is 0 Å². The van der Waals surface area contributed by atoms with Gasteiger partial charge in [0.25, 0.3) is 0 Å². The van der Waals surface area contributed by atoms with Gasteiger partial charge in [-0.1, -0.05) is 23.4 Å². The van der Waals surface area contributed by atoms with Crippen molar-refractivity contribution in [3.63, 3.8) is 0 Å². The van der Waals surface area contributed by atoms with E-state index in [0.717, 1.165) is 50.1 Å². The van der Waals surface area contributed by atoms with Crippen LogP contribution in [-0.2, 0) is 6.54 Å². The second-order valence-corrected chi connectivity index (χ2v) is 8.10. The summed E-state index contributed by atoms with van der Waals surface area (Å²) in [4.78, 5) is 2.56. The Labute approximate surface area is 169 Å². The Balaban J connectivity index is 1.11. The molecule has 1 aliphatic heterocycles. The minimum absolute atomic E-state index is 0.275. The minimum atomic E-state index is -0.275. The van der Waals surface area contributed by atoms with Crippen LogP contribution >= 0.6 is 0 Å². The predicted octanol–water partition coefficient (Wildman–Crippen LogP) is 5.58. The molecular formula is C24H26FN3O. The second kappa shape index (κ2) is 7.99. The molecule has 2 aromatic carbocycles. The van der Waals surface area contributed by atoms with E-state index in [4.69, 9.17) is 4.52 Å². The number of fused-ring (bicyclic) bond motifs is 2. The number of piperidine rings is 1. The van der Waals surface area contributed by atoms with E-state index in [-0.39, 0.29) is 5.82 Å². The van der Waals surface area contributed by atoms with Crippen LogP contribution in [0.15, 0.2) is 59.3 Å². The van der Waals surface area contributed by atoms with Crippen LogP contribution in [0.2, 0.25) is 0 Å². The highest BCUT2D eigenvalue weighted by atomic mass is 19.1. The molecule has 0 saturated carbocycles. The van der Waals surface area contributed by atoms with E-state index < -0.39 is 0 Å². The van der Waals surface area contributed by atoms with E-state index in [9.17, 15) is 4.39 Å². The molecule has 4 aromatic rings. The summed E-state index contributed by atoms with van der Waals surface area (Å²) < 4.78 is 21.1. The topological polar surface area (TPSA) is 34.2 Å². The van der Waals surface area contributed by atoms with Crippen LogP contribution < -0.4 is 0 Å². The third kappa shape index (κ3) is 3.79. The fourth-order valence-electron chi connectivity index (χ4n) is 4.61. The summed E-state index contributed by atoms with van der Waals surface area (Å²) in [7, 11) is 0. The van der Waals surface area contributed by atoms with Crippen molar-refractivity contribution in [1.29, 1.82) is 0 Å². The van der Waals surface area contributed by atoms with Crippen LogP contribution in [0, 0.1) is 5.82 Å². The minimum Gasteiger partial charge on any atom is -0.356 e. The third-order valence-corrected chi connectivity index (χ3v) is 6.24. The molecule has 0 bridgehead atoms. The Morgan fingerprint density at radius 1 is 1.00 bits per heavy atom. The van der Waals surface area contributed by atoms with E-state index in [2.05, 4.69) is 51.2 Å². The number of aryl methyl sites for hydroxylation is 1. The molecule has 0 atom stereocenters. The van der Waals surface area contributed by atoms with Gasteiger partial charge in [0.05, 0.1) is 5.69 Å². The molecule has 0 radical (unpaired) electrons. The average Bonchev–Trinajstić information content (AvgIpc) is 3.35. The first-order valence-electron chi connectivity index (χ1n) is 10.6. The lowest BCUT2D eigenvalue weighted by atomic mass is 9.91. The summed E-state index contributed by atoms with van der Waals surface area (Å²) >= 11 is 0. The van der Waals surface area contributed by atoms with Crippen LogP contribution in [0.1, 0.15) is 37.3 Å². The van der Waals surface area contributed by atoms with E-state index in [0.29, 0.717) is 11.5 Å². The van der Waals surface area contributed by atoms with Crippen molar-refractivity contribution in [2.24, 2.45) is 0 Å². The molecule has 1 saturated heterocycles. The number of para-hydroxylation sites is 1. The maximum atomic E-state index is 13.4. The lowest BCUT2D eigenvalue weighted by Crippen LogP contribution is -2.33. The van der Waals surface area contributed by atoms with Crippen molar-refractivity contribution in [3.8, 4) is 0 Å². The molecule has 0 spiro atoms. The number of halogens is 1. The normalized spacial score (nSPS) is 16.2. The zero-order chi connectivity index (χ0) is 19.6. The molecule has 0 unspecified atom stereocenters. The number of hydrogen-bond donors (Lipinski definition) is 0. The Hall–Kier alpha value is -2.66. The lowest BCUT2D eigenvalue weighted by Gasteiger charge is -2.31. The fourth-order valence-corrected chi connectivity index (χ4v) is 4.61. The average molecular weight is 391 g/mol. The van der Waals surface area contributed by atoms with Gasteiger partial charge in [-0.3, -0.25) is 0 Å². The van der Waals surface area contributed by atoms with Crippen molar-refractivity contribution in [2.75, 3.05) is 19.6 Å². The molecular weight excluding hydrogens is 365 g/mol. The van der Waals surface area contributed by atoms with Gasteiger partial charge in [0, 0.05) is 35.6 Å². The van der Waals surface area contributed by atoms with Crippen molar-refractivity contribution in [2.45, 2.75) is 38.1 Å². The highest BCUT2D eigenvalue weighted by molar-refractivity contribution is 5.80. The van der Waals surface area contributed by atoms with Gasteiger partial charge < -0.3 is 14.0 Å². The van der Waals surface area contributed by atoms with Crippen molar-refractivity contribution >= 4 is 21.9 Å². The highest BCUT2D eigenvalue weighted by Gasteiger charge is 2.24. The maximum Gasteiger partial charge on any atom is 0.170 e. The zero-order valence-electron chi connectivity index (χ0n) is 16.6. The summed E-state index contributed by atoms with van der Waals surface area (Å²) in [6, 6.07) is 15.5. The zero-order valence-corrected chi connectivity index (χ0v) is 16.6. The smallest absolute Gasteiger partial charge is 0.170 e. The Bertz CT molecular complexity index is 1110. The monoisotopic (exact) mass is 391 g/mol. The van der Waals surface area contributed by atoms with E-state index in [1.54, 1.807) is 6.07 Å². The van der Waals surface area contributed by atoms with Crippen molar-refractivity contribution < 1.29 is 8.91 Å². The molecule has 1 aliphatic rings. The molecule has 1 fully saturated rings. The molecule has 0 N–H and O–H groups in total. The van der Waals surface area contributed by atoms with Crippen LogP contribution in [0.25, 0.3) is 21.9 Å². The highest BCUT2D eigenvalue weighted by Crippen LogP contribution is 2.32. The Morgan fingerprint density at radius 2 is 1.83 bits per heavy atom. The molecule has 4 nitrogen and oxygen atoms in total. The van der Waals surface area contributed by atoms with Crippen LogP contribution in [-0.4, -0.2) is 34.3 Å². The quantitative estimate of drug-likeness (QED) is 0.402. The van der Waals surface area contributed by atoms with Gasteiger partial charge in [0.15, 0.2) is 5.58 Å². The fraction of sp³-hybridized carbons (Fsp3) is 0.375. The molecule has 2 aromatic heterocycles. The molecule has 150 valence electrons. The predicted molar refractivity (Wildman–Crippen MR) is 114 cm³/mol. The van der Waals surface area contributed by atoms with Gasteiger partial charge in [-0.05, 0) is 75.0 Å². The molecule has 5 heteroatoms. The summed E-state index contributed by atoms with van der Waals surface area (Å²) in [5, 5.41) is 6.53. The number of unbranched alkanes of at least 4 members (excludes halogenated alkanes) is 1. The van der Waals surface area contributed by atoms with E-state index in [1.807, 2.05) is 0 Å². The number of rotatable bonds is 6. The lowest BCUT2D eigenvalue weighted by molar-refractivity contribution is 0.205. The summed E-state index contributed by atoms with van der Waals surface area (Å²) in [6.07, 6.45) is 6.77. The first kappa shape index (κ1) is 18.4. The van der Waals surface area contributed by atoms with E-state index in [1.165, 1.54) is 35.9 Å². The van der Waals surface area contributed by atoms with Crippen molar-refractivity contribution in [3.05, 3.63) is 66.2 Å². The maximum absolute atomic E-state index is 13.4. The van der Waals surface area contributed by atoms with Gasteiger partial charge in [0.2, 0.25) is 0 Å². The number of nitrogens with zero attached hydrogens (tertiary/aromatic N) is 3. The first-order chi connectivity index (χ1) is 14.3. The number of benzene rings is 2. The standard InChI is InChI=1S/C24H26FN3O/c25-20-7-8-21-23(17-20)29-26-24(21)19-9-14-27(15-10-19)12-3-4-13-28-16-11-18-5-1-2-6-22(18)28/h1-2,5-8,11,16-17,19H,3-4,9-10,12-15H2. The molecule has 0 aliphatic carbocycles. The Morgan fingerprint density at radius 3 is 2.72 bits per heavy atom. The molecule has 29 heavy (non-hydrogen) atoms. The SMILES string of the molecule is Fc1ccc2c(C3CCN(CCCCn4ccc5ccccc54)CC3)noc2c1. The molecule has 5 rings (SSSR count). The molecule has 0 amide bonds. The number of hydrogen-bond acceptors (Lipinski definition) is 3. The van der Waals surface area contributed by atoms with Gasteiger partial charge in [-0.25, -0.2) is 4.39 Å². The largest absolute Gasteiger partial charge is 0.356 e.